The number of rotatable bonds is 3. The van der Waals surface area contributed by atoms with Crippen molar-refractivity contribution in [1.82, 2.24) is 0 Å². The highest BCUT2D eigenvalue weighted by molar-refractivity contribution is 14.1. The van der Waals surface area contributed by atoms with E-state index in [1.54, 1.807) is 31.2 Å². The molecule has 2 N–H and O–H groups in total. The van der Waals surface area contributed by atoms with Crippen molar-refractivity contribution >= 4 is 39.5 Å². The maximum absolute atomic E-state index is 13.3. The van der Waals surface area contributed by atoms with E-state index >= 15 is 0 Å². The quantitative estimate of drug-likeness (QED) is 0.446. The van der Waals surface area contributed by atoms with Crippen molar-refractivity contribution in [3.05, 3.63) is 84.9 Å². The minimum Gasteiger partial charge on any atom is -0.462 e. The molecule has 0 bridgehead atoms. The second-order valence-corrected chi connectivity index (χ2v) is 7.46. The fourth-order valence-electron chi connectivity index (χ4n) is 3.35. The van der Waals surface area contributed by atoms with Gasteiger partial charge < -0.3 is 19.6 Å². The first-order valence-corrected chi connectivity index (χ1v) is 9.75. The number of halogens is 1. The van der Waals surface area contributed by atoms with Crippen molar-refractivity contribution in [3.8, 4) is 5.95 Å². The molecule has 0 aliphatic carbocycles. The van der Waals surface area contributed by atoms with Crippen LogP contribution in [0.25, 0.3) is 11.0 Å². The summed E-state index contributed by atoms with van der Waals surface area (Å²) in [4.78, 5) is 26.0. The number of para-hydroxylation sites is 1. The topological polar surface area (TPSA) is 91.8 Å². The zero-order chi connectivity index (χ0) is 19.8. The van der Waals surface area contributed by atoms with E-state index in [1.807, 2.05) is 24.3 Å². The number of hydrogen-bond acceptors (Lipinski definition) is 6. The molecule has 0 saturated heterocycles. The van der Waals surface area contributed by atoms with Gasteiger partial charge in [0, 0.05) is 3.57 Å². The van der Waals surface area contributed by atoms with E-state index in [2.05, 4.69) is 22.6 Å². The lowest BCUT2D eigenvalue weighted by atomic mass is 9.83. The molecule has 0 spiro atoms. The van der Waals surface area contributed by atoms with Crippen LogP contribution < -0.4 is 15.9 Å². The first kappa shape index (κ1) is 18.5. The molecule has 6 nitrogen and oxygen atoms in total. The van der Waals surface area contributed by atoms with E-state index in [0.29, 0.717) is 11.0 Å². The van der Waals surface area contributed by atoms with Gasteiger partial charge in [0.2, 0.25) is 11.3 Å². The molecule has 7 heteroatoms. The van der Waals surface area contributed by atoms with Crippen LogP contribution in [0.3, 0.4) is 0 Å². The van der Waals surface area contributed by atoms with Gasteiger partial charge in [-0.15, -0.1) is 0 Å². The Morgan fingerprint density at radius 1 is 1.21 bits per heavy atom. The Morgan fingerprint density at radius 2 is 2.00 bits per heavy atom. The number of carbonyl (C=O) groups excluding carboxylic acids is 1. The maximum Gasteiger partial charge on any atom is 0.340 e. The number of benzene rings is 2. The van der Waals surface area contributed by atoms with E-state index in [1.165, 1.54) is 0 Å². The Balaban J connectivity index is 2.04. The minimum absolute atomic E-state index is 0.00175. The first-order valence-electron chi connectivity index (χ1n) is 8.67. The van der Waals surface area contributed by atoms with Crippen LogP contribution in [0.15, 0.2) is 69.2 Å². The second kappa shape index (κ2) is 7.31. The molecule has 0 radical (unpaired) electrons. The third-order valence-corrected chi connectivity index (χ3v) is 5.19. The molecule has 142 valence electrons. The monoisotopic (exact) mass is 489 g/mol. The van der Waals surface area contributed by atoms with Crippen LogP contribution in [0.5, 0.6) is 5.95 Å². The fourth-order valence-corrected chi connectivity index (χ4v) is 3.92. The van der Waals surface area contributed by atoms with Crippen LogP contribution in [-0.2, 0) is 9.53 Å². The standard InChI is InChI=1S/C21H16INO5/c1-2-26-20(25)17-15(11-6-5-7-12(22)10-11)16-18(24)13-8-3-4-9-14(13)27-21(16)28-19(17)23/h3-10,15H,2,23H2,1H3/t15-/m0/s1. The molecule has 4 rings (SSSR count). The molecule has 1 aliphatic rings. The Kier molecular flexibility index (Phi) is 4.84. The normalized spacial score (nSPS) is 15.9. The lowest BCUT2D eigenvalue weighted by Crippen LogP contribution is -2.31. The maximum atomic E-state index is 13.3. The zero-order valence-electron chi connectivity index (χ0n) is 14.9. The fraction of sp³-hybridized carbons (Fsp3) is 0.143. The van der Waals surface area contributed by atoms with Gasteiger partial charge in [-0.25, -0.2) is 4.79 Å². The van der Waals surface area contributed by atoms with Crippen molar-refractivity contribution in [2.75, 3.05) is 6.61 Å². The molecule has 0 amide bonds. The summed E-state index contributed by atoms with van der Waals surface area (Å²) in [7, 11) is 0. The van der Waals surface area contributed by atoms with Gasteiger partial charge in [-0.3, -0.25) is 4.79 Å². The van der Waals surface area contributed by atoms with Crippen LogP contribution >= 0.6 is 22.6 Å². The van der Waals surface area contributed by atoms with E-state index in [9.17, 15) is 9.59 Å². The van der Waals surface area contributed by atoms with Gasteiger partial charge in [-0.2, -0.15) is 0 Å². The number of hydrogen-bond donors (Lipinski definition) is 1. The number of fused-ring (bicyclic) bond motifs is 2. The molecular weight excluding hydrogens is 473 g/mol. The molecule has 28 heavy (non-hydrogen) atoms. The number of esters is 1. The summed E-state index contributed by atoms with van der Waals surface area (Å²) >= 11 is 2.17. The van der Waals surface area contributed by atoms with Crippen LogP contribution in [0, 0.1) is 3.57 Å². The summed E-state index contributed by atoms with van der Waals surface area (Å²) < 4.78 is 17.5. The number of carbonyl (C=O) groups is 1. The average Bonchev–Trinajstić information content (AvgIpc) is 2.67. The molecular formula is C21H16INO5. The molecule has 2 heterocycles. The second-order valence-electron chi connectivity index (χ2n) is 6.22. The molecule has 3 aromatic rings. The molecule has 1 aromatic heterocycles. The van der Waals surface area contributed by atoms with E-state index in [-0.39, 0.29) is 35.0 Å². The Bertz CT molecular complexity index is 1180. The predicted octanol–water partition coefficient (Wildman–Crippen LogP) is 3.66. The average molecular weight is 489 g/mol. The van der Waals surface area contributed by atoms with Crippen molar-refractivity contribution < 1.29 is 18.7 Å². The Hall–Kier alpha value is -2.81. The first-order chi connectivity index (χ1) is 13.5. The van der Waals surface area contributed by atoms with Crippen LogP contribution in [-0.4, -0.2) is 12.6 Å². The van der Waals surface area contributed by atoms with E-state index < -0.39 is 11.9 Å². The number of ether oxygens (including phenoxy) is 2. The lowest BCUT2D eigenvalue weighted by molar-refractivity contribution is -0.139. The molecule has 0 unspecified atom stereocenters. The molecule has 1 atom stereocenters. The van der Waals surface area contributed by atoms with Crippen molar-refractivity contribution in [2.24, 2.45) is 5.73 Å². The highest BCUT2D eigenvalue weighted by Gasteiger charge is 2.39. The van der Waals surface area contributed by atoms with Gasteiger partial charge in [-0.1, -0.05) is 24.3 Å². The summed E-state index contributed by atoms with van der Waals surface area (Å²) in [6.07, 6.45) is 0. The van der Waals surface area contributed by atoms with Gasteiger partial charge in [0.25, 0.3) is 5.95 Å². The summed E-state index contributed by atoms with van der Waals surface area (Å²) in [6, 6.07) is 14.4. The summed E-state index contributed by atoms with van der Waals surface area (Å²) in [5, 5.41) is 0.407. The molecule has 2 aromatic carbocycles. The van der Waals surface area contributed by atoms with Gasteiger partial charge in [-0.05, 0) is 59.3 Å². The zero-order valence-corrected chi connectivity index (χ0v) is 17.1. The summed E-state index contributed by atoms with van der Waals surface area (Å²) in [5.74, 6) is -1.51. The highest BCUT2D eigenvalue weighted by atomic mass is 127. The third-order valence-electron chi connectivity index (χ3n) is 4.52. The van der Waals surface area contributed by atoms with E-state index in [0.717, 1.165) is 9.13 Å². The predicted molar refractivity (Wildman–Crippen MR) is 112 cm³/mol. The van der Waals surface area contributed by atoms with Gasteiger partial charge in [0.15, 0.2) is 0 Å². The highest BCUT2D eigenvalue weighted by Crippen LogP contribution is 2.42. The third kappa shape index (κ3) is 3.05. The molecule has 0 saturated carbocycles. The molecule has 1 aliphatic heterocycles. The van der Waals surface area contributed by atoms with Crippen LogP contribution in [0.2, 0.25) is 0 Å². The Morgan fingerprint density at radius 3 is 2.75 bits per heavy atom. The van der Waals surface area contributed by atoms with Gasteiger partial charge in [0.1, 0.15) is 11.2 Å². The summed E-state index contributed by atoms with van der Waals surface area (Å²) in [6.45, 7) is 1.88. The smallest absolute Gasteiger partial charge is 0.340 e. The van der Waals surface area contributed by atoms with Crippen molar-refractivity contribution in [2.45, 2.75) is 12.8 Å². The minimum atomic E-state index is -0.752. The van der Waals surface area contributed by atoms with Crippen molar-refractivity contribution in [1.29, 1.82) is 0 Å². The molecule has 0 fully saturated rings. The van der Waals surface area contributed by atoms with Crippen LogP contribution in [0.1, 0.15) is 24.0 Å². The Labute approximate surface area is 174 Å². The largest absolute Gasteiger partial charge is 0.462 e. The van der Waals surface area contributed by atoms with Crippen molar-refractivity contribution in [3.63, 3.8) is 0 Å². The number of nitrogens with two attached hydrogens (primary N) is 1. The van der Waals surface area contributed by atoms with E-state index in [4.69, 9.17) is 19.6 Å². The van der Waals surface area contributed by atoms with Crippen LogP contribution in [0.4, 0.5) is 0 Å². The van der Waals surface area contributed by atoms with Gasteiger partial charge in [0.05, 0.1) is 23.5 Å². The van der Waals surface area contributed by atoms with Gasteiger partial charge >= 0.3 is 5.97 Å². The lowest BCUT2D eigenvalue weighted by Gasteiger charge is -2.27. The summed E-state index contributed by atoms with van der Waals surface area (Å²) in [5.41, 5.74) is 7.26. The SMILES string of the molecule is CCOC(=O)C1=C(N)Oc2oc3ccccc3c(=O)c2[C@@H]1c1cccc(I)c1.